The minimum atomic E-state index is -2.55. The van der Waals surface area contributed by atoms with Gasteiger partial charge in [0, 0.05) is 0 Å². The maximum atomic E-state index is 2.91. The Labute approximate surface area is 844 Å². The average Bonchev–Trinajstić information content (AvgIpc) is 0.671. The van der Waals surface area contributed by atoms with Crippen molar-refractivity contribution in [2.75, 3.05) is 0 Å². The molecule has 0 radical (unpaired) electrons. The van der Waals surface area contributed by atoms with Crippen molar-refractivity contribution in [1.29, 1.82) is 0 Å². The molecule has 0 saturated heterocycles. The van der Waals surface area contributed by atoms with E-state index in [0.29, 0.717) is 0 Å². The van der Waals surface area contributed by atoms with Crippen molar-refractivity contribution < 1.29 is 0 Å². The maximum absolute atomic E-state index is 2.91. The van der Waals surface area contributed by atoms with E-state index in [2.05, 4.69) is 463 Å². The lowest BCUT2D eigenvalue weighted by Crippen LogP contribution is -2.75. The average molecular weight is 1970 g/mol. The van der Waals surface area contributed by atoms with Crippen LogP contribution in [0.15, 0.2) is 273 Å². The summed E-state index contributed by atoms with van der Waals surface area (Å²) in [6, 6.07) is 115. The van der Waals surface area contributed by atoms with Crippen molar-refractivity contribution in [1.82, 2.24) is 0 Å². The van der Waals surface area contributed by atoms with Crippen LogP contribution < -0.4 is 117 Å². The highest BCUT2D eigenvalue weighted by molar-refractivity contribution is 7.14. The molecule has 0 unspecified atom stereocenters. The highest BCUT2D eigenvalue weighted by Gasteiger charge is 2.50. The smallest absolute Gasteiger partial charge is 0.0701 e. The van der Waals surface area contributed by atoms with Crippen molar-refractivity contribution in [3.05, 3.63) is 279 Å². The molecule has 4 aliphatic heterocycles. The molecule has 4 aliphatic rings. The van der Waals surface area contributed by atoms with Gasteiger partial charge in [0.2, 0.25) is 26.9 Å². The summed E-state index contributed by atoms with van der Waals surface area (Å²) in [5.74, 6) is 0. The lowest BCUT2D eigenvalue weighted by Gasteiger charge is -2.41. The fourth-order valence-corrected chi connectivity index (χ4v) is 43.9. The molecule has 4 heterocycles. The predicted molar refractivity (Wildman–Crippen MR) is 664 cm³/mol. The van der Waals surface area contributed by atoms with Gasteiger partial charge < -0.3 is 0 Å². The van der Waals surface area contributed by atoms with Crippen molar-refractivity contribution in [2.24, 2.45) is 0 Å². The van der Waals surface area contributed by atoms with Crippen molar-refractivity contribution in [3.8, 4) is 44.5 Å². The van der Waals surface area contributed by atoms with Gasteiger partial charge in [0.25, 0.3) is 0 Å². The Kier molecular flexibility index (Phi) is 20.5. The minimum Gasteiger partial charge on any atom is -0.0701 e. The zero-order chi connectivity index (χ0) is 98.3. The maximum Gasteiger partial charge on any atom is 0.242 e. The van der Waals surface area contributed by atoms with Gasteiger partial charge in [0.05, 0.1) is 80.7 Å². The van der Waals surface area contributed by atoms with E-state index in [4.69, 9.17) is 0 Å². The lowest BCUT2D eigenvalue weighted by atomic mass is 9.33. The molecule has 0 bridgehead atoms. The van der Waals surface area contributed by atoms with Gasteiger partial charge >= 0.3 is 0 Å². The first kappa shape index (κ1) is 92.4. The molecule has 0 N–H and O–H groups in total. The summed E-state index contributed by atoms with van der Waals surface area (Å²) in [6.07, 6.45) is 0. The molecule has 0 fully saturated rings. The summed E-state index contributed by atoms with van der Waals surface area (Å²) in [6.45, 7) is 77.6. The van der Waals surface area contributed by atoms with Crippen LogP contribution in [-0.4, -0.2) is 108 Å². The zero-order valence-electron chi connectivity index (χ0n) is 88.5. The standard InChI is InChI=1S/C126H134B4Si10/c1-131(2,3)90-66-101-99-63-85-49-56-106-122-100(64-86-50-55-105(121(99)117(86)118(85)122)129(123(101)109(68-90)134(10,11)12)125-111(136(16,17)18)69-91(132(4,5)6)70-112(125)137(19,20)21)102-67-93(73-110(135(13,14)15)124(102)130(106)126-113(138(22,23)24)71-92(133(7,8)9)72-114(126)139(25,26)27)140(28,29)75-87-44-36-43-82-60-96-98-62-84-47-53-103-119-97(95-59-80-41-34-35-42-81(80)65-107(95)127(103)88-51-45-76-37-30-32-39-78(76)57-88)61-83-48-54-104(120(98)116(83)115(84)119)128(108(96)74-94(82)87)89-52-46-77-38-31-33-40-79(77)58-89/h30-74H,75H2,1-29H3. The Hall–Kier alpha value is -10.1. The Morgan fingerprint density at radius 3 is 0.800 bits per heavy atom. The molecule has 20 aromatic carbocycles. The molecule has 690 valence electrons. The second-order valence-electron chi connectivity index (χ2n) is 53.3. The van der Waals surface area contributed by atoms with Crippen LogP contribution in [0.3, 0.4) is 0 Å². The molecule has 24 rings (SSSR count). The quantitative estimate of drug-likeness (QED) is 0.0668. The number of hydrogen-bond donors (Lipinski definition) is 0. The highest BCUT2D eigenvalue weighted by Crippen LogP contribution is 2.49. The summed E-state index contributed by atoms with van der Waals surface area (Å²) in [5, 5.41) is 44.1. The first-order valence-electron chi connectivity index (χ1n) is 52.3. The molecular formula is C126H134B4Si10. The van der Waals surface area contributed by atoms with Crippen molar-refractivity contribution in [2.45, 2.75) is 196 Å². The van der Waals surface area contributed by atoms with Gasteiger partial charge in [0.1, 0.15) is 0 Å². The Bertz CT molecular complexity index is 8770. The van der Waals surface area contributed by atoms with Crippen molar-refractivity contribution >= 4 is 333 Å². The Morgan fingerprint density at radius 2 is 0.443 bits per heavy atom. The van der Waals surface area contributed by atoms with E-state index in [1.54, 1.807) is 79.2 Å². The summed E-state index contributed by atoms with van der Waals surface area (Å²) in [4.78, 5) is 0. The van der Waals surface area contributed by atoms with Gasteiger partial charge in [-0.25, -0.2) is 0 Å². The van der Waals surface area contributed by atoms with E-state index < -0.39 is 80.7 Å². The zero-order valence-corrected chi connectivity index (χ0v) is 98.5. The Balaban J connectivity index is 0.742. The van der Waals surface area contributed by atoms with E-state index in [1.165, 1.54) is 196 Å². The van der Waals surface area contributed by atoms with Crippen LogP contribution in [0.4, 0.5) is 0 Å². The largest absolute Gasteiger partial charge is 0.242 e. The van der Waals surface area contributed by atoms with Gasteiger partial charge in [-0.1, -0.05) is 544 Å². The number of rotatable bonds is 16. The number of hydrogen-bond acceptors (Lipinski definition) is 0. The molecular weight excluding hydrogens is 1840 g/mol. The van der Waals surface area contributed by atoms with Crippen LogP contribution in [0.1, 0.15) is 5.56 Å². The molecule has 0 aromatic heterocycles. The second kappa shape index (κ2) is 31.0. The number of benzene rings is 20. The third kappa shape index (κ3) is 14.3. The molecule has 0 nitrogen and oxygen atoms in total. The van der Waals surface area contributed by atoms with E-state index >= 15 is 0 Å². The van der Waals surface area contributed by atoms with Crippen LogP contribution in [0.25, 0.3) is 152 Å². The SMILES string of the molecule is C[Si](C)(C)c1cc2c(c([Si](C)(C)C)c1)B(c1c([Si](C)(C)C)cc([Si](C)(C)C)cc1[Si](C)(C)C)c1ccc3cc4c5c(ccc6cc-2c1c3c65)B(c1c([Si](C)(C)C)cc([Si](C)(C)C)cc1[Si](C)(C)C)c1c-4cc([Si](C)(C)Cc2cccc3cc4c(cc23)B(c2ccc3ccccc3c2)c2ccc3cc5c6c(ccc7cc-4c2c3c76)B(c2ccc3ccccc3c2)c2cc3ccccc3cc2-5)cc1[Si](C)(C)C. The third-order valence-corrected chi connectivity index (χ3v) is 55.2. The first-order chi connectivity index (χ1) is 65.8. The molecule has 0 atom stereocenters. The second-order valence-corrected chi connectivity index (χ2v) is 103. The normalized spacial score (nSPS) is 14.3. The lowest BCUT2D eigenvalue weighted by molar-refractivity contribution is 1.36. The number of fused-ring (bicyclic) bond motifs is 12. The summed E-state index contributed by atoms with van der Waals surface area (Å²) < 4.78 is 0. The van der Waals surface area contributed by atoms with Gasteiger partial charge in [-0.05, 0) is 200 Å². The van der Waals surface area contributed by atoms with Gasteiger partial charge in [-0.3, -0.25) is 0 Å². The van der Waals surface area contributed by atoms with Crippen LogP contribution in [0.5, 0.6) is 0 Å². The van der Waals surface area contributed by atoms with Crippen LogP contribution >= 0.6 is 0 Å². The summed E-state index contributed by atoms with van der Waals surface area (Å²) in [5.41, 5.74) is 30.8. The predicted octanol–water partition coefficient (Wildman–Crippen LogP) is 20.7. The Morgan fingerprint density at radius 1 is 0.171 bits per heavy atom. The van der Waals surface area contributed by atoms with E-state index in [1.807, 2.05) is 0 Å². The fraction of sp³-hybridized carbons (Fsp3) is 0.238. The monoisotopic (exact) mass is 1970 g/mol. The van der Waals surface area contributed by atoms with Crippen LogP contribution in [0.2, 0.25) is 190 Å². The summed E-state index contributed by atoms with van der Waals surface area (Å²) >= 11 is 0. The first-order valence-corrected chi connectivity index (χ1v) is 87.0. The van der Waals surface area contributed by atoms with Gasteiger partial charge in [0.15, 0.2) is 0 Å². The molecule has 0 amide bonds. The van der Waals surface area contributed by atoms with Crippen LogP contribution in [-0.2, 0) is 6.04 Å². The third-order valence-electron chi connectivity index (χ3n) is 33.9. The molecule has 0 spiro atoms. The van der Waals surface area contributed by atoms with E-state index in [-0.39, 0.29) is 26.9 Å². The molecule has 0 aliphatic carbocycles. The van der Waals surface area contributed by atoms with Crippen molar-refractivity contribution in [3.63, 3.8) is 0 Å². The topological polar surface area (TPSA) is 0 Å². The van der Waals surface area contributed by atoms with E-state index in [0.717, 1.165) is 6.04 Å². The highest BCUT2D eigenvalue weighted by atomic mass is 28.3. The van der Waals surface area contributed by atoms with Gasteiger partial charge in [-0.15, -0.1) is 0 Å². The minimum absolute atomic E-state index is 0.0307. The van der Waals surface area contributed by atoms with Crippen LogP contribution in [0, 0.1) is 0 Å². The van der Waals surface area contributed by atoms with Gasteiger partial charge in [-0.2, -0.15) is 0 Å². The fourth-order valence-electron chi connectivity index (χ4n) is 26.8. The molecule has 0 saturated carbocycles. The molecule has 140 heavy (non-hydrogen) atoms. The molecule has 20 aromatic rings. The summed E-state index contributed by atoms with van der Waals surface area (Å²) in [7, 11) is -20.8. The van der Waals surface area contributed by atoms with E-state index in [9.17, 15) is 0 Å². The molecule has 14 heteroatoms.